The van der Waals surface area contributed by atoms with E-state index < -0.39 is 11.8 Å². The number of hydrogen-bond acceptors (Lipinski definition) is 5. The molecule has 2 N–H and O–H groups in total. The van der Waals surface area contributed by atoms with Crippen molar-refractivity contribution in [3.05, 3.63) is 72.0 Å². The Morgan fingerprint density at radius 2 is 1.83 bits per heavy atom. The third-order valence-corrected chi connectivity index (χ3v) is 3.00. The molecule has 0 radical (unpaired) electrons. The monoisotopic (exact) mass is 311 g/mol. The van der Waals surface area contributed by atoms with Crippen molar-refractivity contribution in [1.82, 2.24) is 10.3 Å². The van der Waals surface area contributed by atoms with Crippen LogP contribution in [-0.4, -0.2) is 16.8 Å². The lowest BCUT2D eigenvalue weighted by molar-refractivity contribution is 0.0944. The Hall–Kier alpha value is -3.35. The number of anilines is 1. The highest BCUT2D eigenvalue weighted by Gasteiger charge is 2.15. The molecular formula is C16H13N3O4. The standard InChI is InChI=1S/C16H13N3O4/c20-14(17-9-11-5-2-1-3-6-11)12-10-23-16(18-12)19-15(21)13-7-4-8-22-13/h1-8,10H,9H2,(H,17,20)(H,18,19,21). The van der Waals surface area contributed by atoms with Crippen molar-refractivity contribution in [2.45, 2.75) is 6.54 Å². The van der Waals surface area contributed by atoms with Crippen LogP contribution in [0.2, 0.25) is 0 Å². The largest absolute Gasteiger partial charge is 0.459 e. The first kappa shape index (κ1) is 14.6. The number of rotatable bonds is 5. The van der Waals surface area contributed by atoms with E-state index in [2.05, 4.69) is 15.6 Å². The zero-order valence-electron chi connectivity index (χ0n) is 12.0. The van der Waals surface area contributed by atoms with Gasteiger partial charge in [-0.2, -0.15) is 4.98 Å². The topological polar surface area (TPSA) is 97.4 Å². The second-order valence-electron chi connectivity index (χ2n) is 4.64. The Balaban J connectivity index is 1.58. The lowest BCUT2D eigenvalue weighted by Gasteiger charge is -2.02. The molecule has 0 aliphatic rings. The molecule has 116 valence electrons. The van der Waals surface area contributed by atoms with Crippen LogP contribution in [0.15, 0.2) is 63.8 Å². The minimum Gasteiger partial charge on any atom is -0.459 e. The van der Waals surface area contributed by atoms with Crippen molar-refractivity contribution < 1.29 is 18.4 Å². The zero-order valence-corrected chi connectivity index (χ0v) is 12.0. The van der Waals surface area contributed by atoms with Crippen molar-refractivity contribution in [3.8, 4) is 0 Å². The van der Waals surface area contributed by atoms with Crippen LogP contribution in [0.1, 0.15) is 26.6 Å². The lowest BCUT2D eigenvalue weighted by atomic mass is 10.2. The van der Waals surface area contributed by atoms with Crippen LogP contribution in [0.25, 0.3) is 0 Å². The molecule has 0 spiro atoms. The fraction of sp³-hybridized carbons (Fsp3) is 0.0625. The summed E-state index contributed by atoms with van der Waals surface area (Å²) in [6.45, 7) is 0.376. The van der Waals surface area contributed by atoms with Gasteiger partial charge in [-0.05, 0) is 17.7 Å². The number of oxazole rings is 1. The van der Waals surface area contributed by atoms with E-state index in [1.54, 1.807) is 6.07 Å². The van der Waals surface area contributed by atoms with E-state index in [0.29, 0.717) is 6.54 Å². The van der Waals surface area contributed by atoms with Gasteiger partial charge in [0.05, 0.1) is 6.26 Å². The Labute approximate surface area is 131 Å². The predicted molar refractivity (Wildman–Crippen MR) is 80.8 cm³/mol. The summed E-state index contributed by atoms with van der Waals surface area (Å²) >= 11 is 0. The van der Waals surface area contributed by atoms with Crippen molar-refractivity contribution in [2.75, 3.05) is 5.32 Å². The van der Waals surface area contributed by atoms with Gasteiger partial charge >= 0.3 is 6.01 Å². The van der Waals surface area contributed by atoms with Crippen LogP contribution in [-0.2, 0) is 6.54 Å². The summed E-state index contributed by atoms with van der Waals surface area (Å²) in [4.78, 5) is 27.7. The molecule has 0 bridgehead atoms. The zero-order chi connectivity index (χ0) is 16.1. The van der Waals surface area contributed by atoms with Gasteiger partial charge in [-0.3, -0.25) is 14.9 Å². The summed E-state index contributed by atoms with van der Waals surface area (Å²) in [6, 6.07) is 12.5. The lowest BCUT2D eigenvalue weighted by Crippen LogP contribution is -2.23. The first-order valence-corrected chi connectivity index (χ1v) is 6.85. The van der Waals surface area contributed by atoms with E-state index in [-0.39, 0.29) is 17.5 Å². The van der Waals surface area contributed by atoms with Crippen molar-refractivity contribution in [1.29, 1.82) is 0 Å². The number of furan rings is 1. The van der Waals surface area contributed by atoms with E-state index in [1.807, 2.05) is 30.3 Å². The Kier molecular flexibility index (Phi) is 4.19. The Morgan fingerprint density at radius 1 is 1.00 bits per heavy atom. The maximum Gasteiger partial charge on any atom is 0.302 e. The van der Waals surface area contributed by atoms with Gasteiger partial charge in [-0.25, -0.2) is 0 Å². The maximum atomic E-state index is 12.0. The molecule has 7 heteroatoms. The molecule has 2 amide bonds. The summed E-state index contributed by atoms with van der Waals surface area (Å²) < 4.78 is 10.0. The van der Waals surface area contributed by atoms with Gasteiger partial charge < -0.3 is 14.2 Å². The van der Waals surface area contributed by atoms with Gasteiger partial charge in [0.15, 0.2) is 11.5 Å². The van der Waals surface area contributed by atoms with Crippen LogP contribution >= 0.6 is 0 Å². The Bertz CT molecular complexity index is 794. The van der Waals surface area contributed by atoms with Gasteiger partial charge in [0.25, 0.3) is 11.8 Å². The molecule has 0 aliphatic heterocycles. The summed E-state index contributed by atoms with van der Waals surface area (Å²) in [6.07, 6.45) is 2.56. The molecule has 0 unspecified atom stereocenters. The van der Waals surface area contributed by atoms with Crippen LogP contribution in [0, 0.1) is 0 Å². The van der Waals surface area contributed by atoms with E-state index in [0.717, 1.165) is 5.56 Å². The third kappa shape index (κ3) is 3.65. The fourth-order valence-electron chi connectivity index (χ4n) is 1.87. The molecule has 2 heterocycles. The number of hydrogen-bond donors (Lipinski definition) is 2. The van der Waals surface area contributed by atoms with E-state index in [1.165, 1.54) is 18.6 Å². The fourth-order valence-corrected chi connectivity index (χ4v) is 1.87. The van der Waals surface area contributed by atoms with Gasteiger partial charge in [0.2, 0.25) is 0 Å². The average molecular weight is 311 g/mol. The second-order valence-corrected chi connectivity index (χ2v) is 4.64. The third-order valence-electron chi connectivity index (χ3n) is 3.00. The molecule has 0 fully saturated rings. The highest BCUT2D eigenvalue weighted by atomic mass is 16.4. The average Bonchev–Trinajstić information content (AvgIpc) is 3.25. The van der Waals surface area contributed by atoms with Crippen LogP contribution in [0.3, 0.4) is 0 Å². The van der Waals surface area contributed by atoms with E-state index >= 15 is 0 Å². The number of nitrogens with zero attached hydrogens (tertiary/aromatic N) is 1. The smallest absolute Gasteiger partial charge is 0.302 e. The quantitative estimate of drug-likeness (QED) is 0.754. The highest BCUT2D eigenvalue weighted by molar-refractivity contribution is 6.01. The number of benzene rings is 1. The highest BCUT2D eigenvalue weighted by Crippen LogP contribution is 2.10. The first-order valence-electron chi connectivity index (χ1n) is 6.85. The Morgan fingerprint density at radius 3 is 2.57 bits per heavy atom. The molecule has 0 atom stereocenters. The molecule has 1 aromatic carbocycles. The van der Waals surface area contributed by atoms with Crippen molar-refractivity contribution in [3.63, 3.8) is 0 Å². The molecule has 3 aromatic rings. The number of carbonyl (C=O) groups excluding carboxylic acids is 2. The maximum absolute atomic E-state index is 12.0. The number of carbonyl (C=O) groups is 2. The summed E-state index contributed by atoms with van der Waals surface area (Å²) in [5.41, 5.74) is 1.05. The number of amides is 2. The molecule has 0 aliphatic carbocycles. The molecular weight excluding hydrogens is 298 g/mol. The van der Waals surface area contributed by atoms with Crippen LogP contribution < -0.4 is 10.6 Å². The van der Waals surface area contributed by atoms with Crippen LogP contribution in [0.5, 0.6) is 0 Å². The van der Waals surface area contributed by atoms with E-state index in [9.17, 15) is 9.59 Å². The second kappa shape index (κ2) is 6.61. The molecule has 7 nitrogen and oxygen atoms in total. The molecule has 2 aromatic heterocycles. The van der Waals surface area contributed by atoms with Gasteiger partial charge in [-0.15, -0.1) is 0 Å². The van der Waals surface area contributed by atoms with Crippen LogP contribution in [0.4, 0.5) is 6.01 Å². The summed E-state index contributed by atoms with van der Waals surface area (Å²) in [5, 5.41) is 5.12. The van der Waals surface area contributed by atoms with Gasteiger partial charge in [0.1, 0.15) is 6.26 Å². The normalized spacial score (nSPS) is 10.3. The van der Waals surface area contributed by atoms with Crippen molar-refractivity contribution >= 4 is 17.8 Å². The first-order chi connectivity index (χ1) is 11.2. The molecule has 0 saturated heterocycles. The molecule has 23 heavy (non-hydrogen) atoms. The summed E-state index contributed by atoms with van der Waals surface area (Å²) in [5.74, 6) is -0.775. The number of aromatic nitrogens is 1. The van der Waals surface area contributed by atoms with Gasteiger partial charge in [0, 0.05) is 6.54 Å². The minimum absolute atomic E-state index is 0.0729. The van der Waals surface area contributed by atoms with E-state index in [4.69, 9.17) is 8.83 Å². The predicted octanol–water partition coefficient (Wildman–Crippen LogP) is 2.45. The molecule has 3 rings (SSSR count). The SMILES string of the molecule is O=C(NCc1ccccc1)c1coc(NC(=O)c2ccco2)n1. The van der Waals surface area contributed by atoms with Crippen molar-refractivity contribution in [2.24, 2.45) is 0 Å². The summed E-state index contributed by atoms with van der Waals surface area (Å²) in [7, 11) is 0. The molecule has 0 saturated carbocycles. The minimum atomic E-state index is -0.506. The van der Waals surface area contributed by atoms with Gasteiger partial charge in [-0.1, -0.05) is 30.3 Å². The number of nitrogens with one attached hydrogen (secondary N) is 2.